The largest absolute Gasteiger partial charge is 0.398 e. The Labute approximate surface area is 118 Å². The summed E-state index contributed by atoms with van der Waals surface area (Å²) in [4.78, 5) is 4.14. The number of nitriles is 1. The third-order valence-corrected chi connectivity index (χ3v) is 8.51. The Hall–Kier alpha value is -0.703. The van der Waals surface area contributed by atoms with E-state index >= 15 is 0 Å². The van der Waals surface area contributed by atoms with Gasteiger partial charge in [-0.05, 0) is 40.1 Å². The van der Waals surface area contributed by atoms with Gasteiger partial charge in [-0.1, -0.05) is 26.8 Å². The van der Waals surface area contributed by atoms with Crippen LogP contribution < -0.4 is 0 Å². The predicted octanol–water partition coefficient (Wildman–Crippen LogP) is 4.43. The smallest absolute Gasteiger partial charge is 0.194 e. The first-order valence-electron chi connectivity index (χ1n) is 5.87. The van der Waals surface area contributed by atoms with Crippen LogP contribution in [0.2, 0.25) is 18.1 Å². The molecule has 5 heteroatoms. The Bertz CT molecular complexity index is 463. The molecule has 0 amide bonds. The van der Waals surface area contributed by atoms with Gasteiger partial charge >= 0.3 is 0 Å². The Kier molecular flexibility index (Phi) is 4.70. The van der Waals surface area contributed by atoms with E-state index in [-0.39, 0.29) is 5.04 Å². The highest BCUT2D eigenvalue weighted by Crippen LogP contribution is 2.40. The molecule has 98 valence electrons. The van der Waals surface area contributed by atoms with Crippen LogP contribution in [0.5, 0.6) is 0 Å². The molecule has 18 heavy (non-hydrogen) atoms. The molecule has 1 aromatic rings. The zero-order valence-electron chi connectivity index (χ0n) is 11.5. The monoisotopic (exact) mass is 326 g/mol. The van der Waals surface area contributed by atoms with Crippen molar-refractivity contribution in [1.29, 1.82) is 5.26 Å². The minimum absolute atomic E-state index is 0.0801. The normalized spacial score (nSPS) is 14.1. The molecule has 1 atom stereocenters. The molecule has 0 radical (unpaired) electrons. The standard InChI is InChI=1S/C13H19BrN2OSi/c1-13(2,3)18(4,5)17-11(9-15)10-7-6-8-16-12(10)14/h6-8,11H,1-5H3. The average molecular weight is 327 g/mol. The van der Waals surface area contributed by atoms with E-state index in [1.165, 1.54) is 0 Å². The van der Waals surface area contributed by atoms with Gasteiger partial charge in [-0.2, -0.15) is 5.26 Å². The summed E-state index contributed by atoms with van der Waals surface area (Å²) in [5.41, 5.74) is 0.796. The van der Waals surface area contributed by atoms with Gasteiger partial charge < -0.3 is 4.43 Å². The van der Waals surface area contributed by atoms with Crippen LogP contribution in [0.15, 0.2) is 22.9 Å². The fourth-order valence-corrected chi connectivity index (χ4v) is 2.81. The Morgan fingerprint density at radius 1 is 1.44 bits per heavy atom. The van der Waals surface area contributed by atoms with Gasteiger partial charge in [-0.3, -0.25) is 0 Å². The summed E-state index contributed by atoms with van der Waals surface area (Å²) >= 11 is 3.37. The van der Waals surface area contributed by atoms with Crippen molar-refractivity contribution in [2.75, 3.05) is 0 Å². The van der Waals surface area contributed by atoms with Gasteiger partial charge in [-0.25, -0.2) is 4.98 Å². The number of hydrogen-bond donors (Lipinski definition) is 0. The van der Waals surface area contributed by atoms with E-state index in [0.717, 1.165) is 5.56 Å². The maximum Gasteiger partial charge on any atom is 0.194 e. The van der Waals surface area contributed by atoms with Crippen molar-refractivity contribution in [2.45, 2.75) is 45.0 Å². The molecule has 0 aromatic carbocycles. The first-order valence-corrected chi connectivity index (χ1v) is 9.57. The topological polar surface area (TPSA) is 45.9 Å². The molecule has 1 aromatic heterocycles. The fourth-order valence-electron chi connectivity index (χ4n) is 1.22. The van der Waals surface area contributed by atoms with Crippen LogP contribution in [-0.4, -0.2) is 13.3 Å². The van der Waals surface area contributed by atoms with Crippen LogP contribution in [0.3, 0.4) is 0 Å². The molecule has 0 saturated carbocycles. The molecule has 0 bridgehead atoms. The Morgan fingerprint density at radius 2 is 2.06 bits per heavy atom. The second-order valence-electron chi connectivity index (χ2n) is 5.77. The molecule has 1 unspecified atom stereocenters. The summed E-state index contributed by atoms with van der Waals surface area (Å²) in [7, 11) is -1.97. The van der Waals surface area contributed by atoms with Crippen LogP contribution in [-0.2, 0) is 4.43 Å². The van der Waals surface area contributed by atoms with Crippen molar-refractivity contribution >= 4 is 24.2 Å². The molecule has 0 aliphatic carbocycles. The number of pyridine rings is 1. The number of aromatic nitrogens is 1. The van der Waals surface area contributed by atoms with Crippen LogP contribution >= 0.6 is 15.9 Å². The second-order valence-corrected chi connectivity index (χ2v) is 11.3. The summed E-state index contributed by atoms with van der Waals surface area (Å²) < 4.78 is 6.80. The lowest BCUT2D eigenvalue weighted by Gasteiger charge is -2.37. The fraction of sp³-hybridized carbons (Fsp3) is 0.538. The number of rotatable bonds is 3. The van der Waals surface area contributed by atoms with Crippen molar-refractivity contribution in [1.82, 2.24) is 4.98 Å². The molecule has 0 N–H and O–H groups in total. The first-order chi connectivity index (χ1) is 8.19. The molecule has 0 spiro atoms. The lowest BCUT2D eigenvalue weighted by atomic mass is 10.2. The van der Waals surface area contributed by atoms with Crippen molar-refractivity contribution in [3.8, 4) is 6.07 Å². The zero-order valence-corrected chi connectivity index (χ0v) is 14.1. The molecule has 0 fully saturated rings. The third kappa shape index (κ3) is 3.41. The predicted molar refractivity (Wildman–Crippen MR) is 78.6 cm³/mol. The molecule has 1 heterocycles. The van der Waals surface area contributed by atoms with E-state index < -0.39 is 14.4 Å². The van der Waals surface area contributed by atoms with E-state index in [1.807, 2.05) is 12.1 Å². The van der Waals surface area contributed by atoms with Gasteiger partial charge in [-0.15, -0.1) is 0 Å². The molecule has 1 rings (SSSR count). The van der Waals surface area contributed by atoms with Gasteiger partial charge in [0.2, 0.25) is 0 Å². The first kappa shape index (κ1) is 15.4. The molecule has 0 aliphatic rings. The van der Waals surface area contributed by atoms with E-state index in [0.29, 0.717) is 4.60 Å². The number of hydrogen-bond acceptors (Lipinski definition) is 3. The van der Waals surface area contributed by atoms with E-state index in [1.54, 1.807) is 6.20 Å². The Balaban J connectivity index is 3.02. The van der Waals surface area contributed by atoms with Crippen LogP contribution in [0.25, 0.3) is 0 Å². The van der Waals surface area contributed by atoms with E-state index in [9.17, 15) is 5.26 Å². The average Bonchev–Trinajstić information content (AvgIpc) is 2.25. The molecular weight excluding hydrogens is 308 g/mol. The summed E-state index contributed by atoms with van der Waals surface area (Å²) in [5.74, 6) is 0. The Morgan fingerprint density at radius 3 is 2.50 bits per heavy atom. The van der Waals surface area contributed by atoms with Gasteiger partial charge in [0.25, 0.3) is 0 Å². The van der Waals surface area contributed by atoms with Crippen molar-refractivity contribution in [3.05, 3.63) is 28.5 Å². The van der Waals surface area contributed by atoms with E-state index in [2.05, 4.69) is 60.8 Å². The minimum atomic E-state index is -1.97. The van der Waals surface area contributed by atoms with Crippen molar-refractivity contribution in [2.24, 2.45) is 0 Å². The summed E-state index contributed by atoms with van der Waals surface area (Å²) in [5, 5.41) is 9.41. The summed E-state index contributed by atoms with van der Waals surface area (Å²) in [6.07, 6.45) is 1.13. The maximum atomic E-state index is 9.33. The van der Waals surface area contributed by atoms with Gasteiger partial charge in [0.05, 0.1) is 6.07 Å². The quantitative estimate of drug-likeness (QED) is 0.609. The van der Waals surface area contributed by atoms with Gasteiger partial charge in [0.15, 0.2) is 14.4 Å². The zero-order chi connectivity index (χ0) is 14.0. The highest BCUT2D eigenvalue weighted by molar-refractivity contribution is 9.10. The molecule has 0 aliphatic heterocycles. The maximum absolute atomic E-state index is 9.33. The third-order valence-electron chi connectivity index (χ3n) is 3.41. The highest BCUT2D eigenvalue weighted by atomic mass is 79.9. The van der Waals surface area contributed by atoms with Crippen LogP contribution in [0, 0.1) is 11.3 Å². The van der Waals surface area contributed by atoms with Crippen molar-refractivity contribution in [3.63, 3.8) is 0 Å². The summed E-state index contributed by atoms with van der Waals surface area (Å²) in [6.45, 7) is 10.8. The lowest BCUT2D eigenvalue weighted by molar-refractivity contribution is 0.235. The van der Waals surface area contributed by atoms with Gasteiger partial charge in [0.1, 0.15) is 4.60 Å². The van der Waals surface area contributed by atoms with E-state index in [4.69, 9.17) is 4.43 Å². The minimum Gasteiger partial charge on any atom is -0.398 e. The molecular formula is C13H19BrN2OSi. The van der Waals surface area contributed by atoms with Gasteiger partial charge in [0, 0.05) is 11.8 Å². The van der Waals surface area contributed by atoms with Crippen molar-refractivity contribution < 1.29 is 4.43 Å². The molecule has 0 saturated heterocycles. The second kappa shape index (κ2) is 5.51. The molecule has 3 nitrogen and oxygen atoms in total. The number of halogens is 1. The number of nitrogens with zero attached hydrogens (tertiary/aromatic N) is 2. The highest BCUT2D eigenvalue weighted by Gasteiger charge is 2.39. The lowest BCUT2D eigenvalue weighted by Crippen LogP contribution is -2.41. The van der Waals surface area contributed by atoms with Crippen LogP contribution in [0.4, 0.5) is 0 Å². The van der Waals surface area contributed by atoms with Crippen LogP contribution in [0.1, 0.15) is 32.4 Å². The summed E-state index contributed by atoms with van der Waals surface area (Å²) in [6, 6.07) is 5.92. The SMILES string of the molecule is CC(C)(C)[Si](C)(C)OC(C#N)c1cccnc1Br.